The molecule has 1 aromatic heterocycles. The first-order chi connectivity index (χ1) is 9.16. The second-order valence-corrected chi connectivity index (χ2v) is 5.73. The lowest BCUT2D eigenvalue weighted by molar-refractivity contribution is -0.143. The van der Waals surface area contributed by atoms with E-state index in [4.69, 9.17) is 0 Å². The van der Waals surface area contributed by atoms with Crippen LogP contribution in [0.3, 0.4) is 0 Å². The molecule has 2 fully saturated rings. The van der Waals surface area contributed by atoms with Gasteiger partial charge in [-0.25, -0.2) is 0 Å². The molecule has 1 aliphatic carbocycles. The molecule has 1 N–H and O–H groups in total. The summed E-state index contributed by atoms with van der Waals surface area (Å²) in [6, 6.07) is 0.0522. The number of nitrogens with zero attached hydrogens (tertiary/aromatic N) is 4. The zero-order chi connectivity index (χ0) is 13.4. The number of fused-ring (bicyclic) bond motifs is 1. The molecule has 0 amide bonds. The number of likely N-dealkylation sites (tertiary alicyclic amines) is 1. The van der Waals surface area contributed by atoms with Gasteiger partial charge in [0, 0.05) is 13.1 Å². The largest absolute Gasteiger partial charge is 0.480 e. The van der Waals surface area contributed by atoms with Crippen molar-refractivity contribution in [3.05, 3.63) is 12.2 Å². The maximum atomic E-state index is 11.5. The zero-order valence-electron chi connectivity index (χ0n) is 11.2. The van der Waals surface area contributed by atoms with Gasteiger partial charge in [0.05, 0.1) is 6.54 Å². The molecular weight excluding hydrogens is 244 g/mol. The van der Waals surface area contributed by atoms with Crippen molar-refractivity contribution in [3.63, 3.8) is 0 Å². The summed E-state index contributed by atoms with van der Waals surface area (Å²) in [5, 5.41) is 17.4. The van der Waals surface area contributed by atoms with Crippen LogP contribution in [-0.2, 0) is 18.4 Å². The summed E-state index contributed by atoms with van der Waals surface area (Å²) < 4.78 is 1.87. The van der Waals surface area contributed by atoms with Crippen molar-refractivity contribution in [2.45, 2.75) is 50.7 Å². The Labute approximate surface area is 112 Å². The van der Waals surface area contributed by atoms with E-state index in [1.54, 1.807) is 6.33 Å². The number of aliphatic carboxylic acids is 1. The third kappa shape index (κ3) is 2.25. The highest BCUT2D eigenvalue weighted by atomic mass is 16.4. The van der Waals surface area contributed by atoms with Crippen molar-refractivity contribution >= 4 is 5.97 Å². The van der Waals surface area contributed by atoms with E-state index in [2.05, 4.69) is 15.1 Å². The summed E-state index contributed by atoms with van der Waals surface area (Å²) in [5.74, 6) is 0.692. The van der Waals surface area contributed by atoms with E-state index < -0.39 is 5.97 Å². The van der Waals surface area contributed by atoms with E-state index >= 15 is 0 Å². The Morgan fingerprint density at radius 1 is 1.47 bits per heavy atom. The number of carboxylic acids is 1. The molecule has 1 aromatic rings. The second-order valence-electron chi connectivity index (χ2n) is 5.73. The van der Waals surface area contributed by atoms with Crippen LogP contribution in [0.4, 0.5) is 0 Å². The molecule has 0 aromatic carbocycles. The molecule has 1 saturated carbocycles. The van der Waals surface area contributed by atoms with Gasteiger partial charge in [0.1, 0.15) is 18.2 Å². The number of rotatable bonds is 3. The SMILES string of the molecule is Cn1cnnc1CN1C(C(=O)O)CC2CCCCC21. The lowest BCUT2D eigenvalue weighted by Gasteiger charge is -2.32. The van der Waals surface area contributed by atoms with Gasteiger partial charge in [0.25, 0.3) is 0 Å². The van der Waals surface area contributed by atoms with E-state index in [1.807, 2.05) is 11.6 Å². The van der Waals surface area contributed by atoms with Crippen molar-refractivity contribution in [1.29, 1.82) is 0 Å². The predicted molar refractivity (Wildman–Crippen MR) is 68.3 cm³/mol. The Balaban J connectivity index is 1.82. The van der Waals surface area contributed by atoms with Gasteiger partial charge in [-0.2, -0.15) is 0 Å². The van der Waals surface area contributed by atoms with Gasteiger partial charge in [-0.15, -0.1) is 10.2 Å². The Morgan fingerprint density at radius 2 is 2.26 bits per heavy atom. The fraction of sp³-hybridized carbons (Fsp3) is 0.769. The highest BCUT2D eigenvalue weighted by molar-refractivity contribution is 5.74. The van der Waals surface area contributed by atoms with Gasteiger partial charge in [0.15, 0.2) is 0 Å². The Bertz CT molecular complexity index is 473. The van der Waals surface area contributed by atoms with Gasteiger partial charge in [-0.05, 0) is 25.2 Å². The molecule has 2 heterocycles. The second kappa shape index (κ2) is 4.92. The summed E-state index contributed by atoms with van der Waals surface area (Å²) in [7, 11) is 1.90. The molecular formula is C13H20N4O2. The molecule has 3 atom stereocenters. The normalized spacial score (nSPS) is 31.3. The minimum Gasteiger partial charge on any atom is -0.480 e. The standard InChI is InChI=1S/C13H20N4O2/c1-16-8-14-15-12(16)7-17-10-5-3-2-4-9(10)6-11(17)13(18)19/h8-11H,2-7H2,1H3,(H,18,19). The quantitative estimate of drug-likeness (QED) is 0.883. The van der Waals surface area contributed by atoms with Crippen LogP contribution in [0.5, 0.6) is 0 Å². The fourth-order valence-electron chi connectivity index (χ4n) is 3.64. The number of hydrogen-bond donors (Lipinski definition) is 1. The average Bonchev–Trinajstić information content (AvgIpc) is 2.95. The zero-order valence-corrected chi connectivity index (χ0v) is 11.2. The van der Waals surface area contributed by atoms with E-state index in [0.29, 0.717) is 18.5 Å². The molecule has 6 heteroatoms. The summed E-state index contributed by atoms with van der Waals surface area (Å²) in [4.78, 5) is 13.6. The van der Waals surface area contributed by atoms with Gasteiger partial charge in [-0.3, -0.25) is 9.69 Å². The van der Waals surface area contributed by atoms with Crippen LogP contribution in [0.25, 0.3) is 0 Å². The molecule has 104 valence electrons. The van der Waals surface area contributed by atoms with Gasteiger partial charge >= 0.3 is 5.97 Å². The Hall–Kier alpha value is -1.43. The highest BCUT2D eigenvalue weighted by Gasteiger charge is 2.45. The topological polar surface area (TPSA) is 71.2 Å². The summed E-state index contributed by atoms with van der Waals surface area (Å²) >= 11 is 0. The first kappa shape index (κ1) is 12.6. The molecule has 0 spiro atoms. The van der Waals surface area contributed by atoms with E-state index in [-0.39, 0.29) is 6.04 Å². The van der Waals surface area contributed by atoms with Gasteiger partial charge in [0.2, 0.25) is 0 Å². The smallest absolute Gasteiger partial charge is 0.320 e. The number of carboxylic acid groups (broad SMARTS) is 1. The minimum atomic E-state index is -0.698. The van der Waals surface area contributed by atoms with E-state index in [0.717, 1.165) is 18.7 Å². The maximum Gasteiger partial charge on any atom is 0.320 e. The molecule has 1 saturated heterocycles. The number of aryl methyl sites for hydroxylation is 1. The number of aromatic nitrogens is 3. The molecule has 19 heavy (non-hydrogen) atoms. The van der Waals surface area contributed by atoms with Crippen molar-refractivity contribution in [2.75, 3.05) is 0 Å². The summed E-state index contributed by atoms with van der Waals surface area (Å²) in [6.45, 7) is 0.592. The average molecular weight is 264 g/mol. The van der Waals surface area contributed by atoms with Crippen LogP contribution in [0, 0.1) is 5.92 Å². The maximum absolute atomic E-state index is 11.5. The molecule has 6 nitrogen and oxygen atoms in total. The molecule has 1 aliphatic heterocycles. The monoisotopic (exact) mass is 264 g/mol. The van der Waals surface area contributed by atoms with Crippen LogP contribution < -0.4 is 0 Å². The van der Waals surface area contributed by atoms with Crippen LogP contribution >= 0.6 is 0 Å². The molecule has 2 aliphatic rings. The number of hydrogen-bond acceptors (Lipinski definition) is 4. The lowest BCUT2D eigenvalue weighted by Crippen LogP contribution is -2.42. The number of carbonyl (C=O) groups is 1. The van der Waals surface area contributed by atoms with Crippen LogP contribution in [0.2, 0.25) is 0 Å². The van der Waals surface area contributed by atoms with E-state index in [1.165, 1.54) is 19.3 Å². The van der Waals surface area contributed by atoms with Gasteiger partial charge < -0.3 is 9.67 Å². The van der Waals surface area contributed by atoms with Crippen LogP contribution in [0.15, 0.2) is 6.33 Å². The molecule has 0 radical (unpaired) electrons. The van der Waals surface area contributed by atoms with Crippen LogP contribution in [0.1, 0.15) is 37.9 Å². The lowest BCUT2D eigenvalue weighted by atomic mass is 9.85. The minimum absolute atomic E-state index is 0.357. The van der Waals surface area contributed by atoms with Crippen molar-refractivity contribution in [3.8, 4) is 0 Å². The first-order valence-electron chi connectivity index (χ1n) is 6.98. The third-order valence-electron chi connectivity index (χ3n) is 4.64. The van der Waals surface area contributed by atoms with Gasteiger partial charge in [-0.1, -0.05) is 12.8 Å². The Kier molecular flexibility index (Phi) is 3.26. The third-order valence-corrected chi connectivity index (χ3v) is 4.64. The molecule has 3 unspecified atom stereocenters. The highest BCUT2D eigenvalue weighted by Crippen LogP contribution is 2.40. The Morgan fingerprint density at radius 3 is 2.95 bits per heavy atom. The molecule has 3 rings (SSSR count). The summed E-state index contributed by atoms with van der Waals surface area (Å²) in [5.41, 5.74) is 0. The predicted octanol–water partition coefficient (Wildman–Crippen LogP) is 1.03. The fourth-order valence-corrected chi connectivity index (χ4v) is 3.64. The van der Waals surface area contributed by atoms with Crippen molar-refractivity contribution in [1.82, 2.24) is 19.7 Å². The van der Waals surface area contributed by atoms with Crippen molar-refractivity contribution < 1.29 is 9.90 Å². The molecule has 0 bridgehead atoms. The first-order valence-corrected chi connectivity index (χ1v) is 6.98. The summed E-state index contributed by atoms with van der Waals surface area (Å²) in [6.07, 6.45) is 7.20. The van der Waals surface area contributed by atoms with Crippen molar-refractivity contribution in [2.24, 2.45) is 13.0 Å². The van der Waals surface area contributed by atoms with E-state index in [9.17, 15) is 9.90 Å². The van der Waals surface area contributed by atoms with Crippen LogP contribution in [-0.4, -0.2) is 42.8 Å².